The molecule has 0 bridgehead atoms. The summed E-state index contributed by atoms with van der Waals surface area (Å²) in [6.45, 7) is 3.56. The molecule has 1 fully saturated rings. The van der Waals surface area contributed by atoms with Gasteiger partial charge in [-0.3, -0.25) is 14.3 Å². The zero-order valence-electron chi connectivity index (χ0n) is 19.4. The molecule has 0 aromatic heterocycles. The van der Waals surface area contributed by atoms with E-state index in [2.05, 4.69) is 10.0 Å². The van der Waals surface area contributed by atoms with Gasteiger partial charge in [-0.15, -0.1) is 0 Å². The van der Waals surface area contributed by atoms with E-state index in [0.717, 1.165) is 23.2 Å². The van der Waals surface area contributed by atoms with E-state index in [1.807, 2.05) is 24.3 Å². The molecular formula is C27H26N2O5S. The van der Waals surface area contributed by atoms with Crippen LogP contribution in [0.1, 0.15) is 64.3 Å². The number of carbonyl (C=O) groups excluding carboxylic acids is 2. The van der Waals surface area contributed by atoms with Gasteiger partial charge >= 0.3 is 0 Å². The van der Waals surface area contributed by atoms with Crippen molar-refractivity contribution >= 4 is 33.0 Å². The lowest BCUT2D eigenvalue weighted by molar-refractivity contribution is 0.0827. The number of nitrogens with one attached hydrogen (secondary N) is 2. The molecule has 3 atom stereocenters. The highest BCUT2D eigenvalue weighted by Crippen LogP contribution is 2.50. The number of hydrogen-bond donors (Lipinski definition) is 2. The summed E-state index contributed by atoms with van der Waals surface area (Å²) in [5, 5.41) is 3.56. The van der Waals surface area contributed by atoms with E-state index in [-0.39, 0.29) is 34.5 Å². The number of Topliss-reactive ketones (excluding diaryl/α,β-unsaturated/α-hetero) is 2. The van der Waals surface area contributed by atoms with Crippen LogP contribution in [-0.2, 0) is 14.8 Å². The molecular weight excluding hydrogens is 464 g/mol. The summed E-state index contributed by atoms with van der Waals surface area (Å²) < 4.78 is 35.0. The van der Waals surface area contributed by atoms with Crippen LogP contribution in [0.25, 0.3) is 0 Å². The molecule has 2 aliphatic heterocycles. The number of fused-ring (bicyclic) bond motifs is 3. The van der Waals surface area contributed by atoms with Crippen LogP contribution in [0.2, 0.25) is 0 Å². The Balaban J connectivity index is 1.47. The Bertz CT molecular complexity index is 1430. The van der Waals surface area contributed by atoms with Gasteiger partial charge in [-0.25, -0.2) is 8.42 Å². The van der Waals surface area contributed by atoms with E-state index in [9.17, 15) is 18.0 Å². The number of carbonyl (C=O) groups is 2. The number of ether oxygens (including phenoxy) is 1. The van der Waals surface area contributed by atoms with Crippen molar-refractivity contribution in [1.29, 1.82) is 0 Å². The third-order valence-electron chi connectivity index (χ3n) is 6.69. The first-order chi connectivity index (χ1) is 16.7. The molecule has 0 radical (unpaired) electrons. The van der Waals surface area contributed by atoms with Gasteiger partial charge in [0.05, 0.1) is 17.0 Å². The highest BCUT2D eigenvalue weighted by molar-refractivity contribution is 7.92. The molecule has 35 heavy (non-hydrogen) atoms. The average molecular weight is 491 g/mol. The Kier molecular flexibility index (Phi) is 5.94. The Morgan fingerprint density at radius 3 is 2.40 bits per heavy atom. The molecule has 2 aliphatic rings. The van der Waals surface area contributed by atoms with E-state index in [1.165, 1.54) is 13.0 Å². The van der Waals surface area contributed by atoms with Crippen LogP contribution < -0.4 is 10.0 Å². The second-order valence-corrected chi connectivity index (χ2v) is 10.7. The second kappa shape index (κ2) is 8.94. The molecule has 3 aromatic carbocycles. The highest BCUT2D eigenvalue weighted by Gasteiger charge is 2.42. The Morgan fingerprint density at radius 2 is 1.66 bits per heavy atom. The lowest BCUT2D eigenvalue weighted by Gasteiger charge is -2.36. The van der Waals surface area contributed by atoms with Crippen LogP contribution in [0.15, 0.2) is 71.6 Å². The number of anilines is 2. The Morgan fingerprint density at radius 1 is 0.943 bits per heavy atom. The minimum Gasteiger partial charge on any atom is -0.378 e. The Labute approximate surface area is 204 Å². The molecule has 0 spiro atoms. The van der Waals surface area contributed by atoms with E-state index < -0.39 is 10.0 Å². The monoisotopic (exact) mass is 490 g/mol. The van der Waals surface area contributed by atoms with Crippen molar-refractivity contribution in [2.45, 2.75) is 37.3 Å². The first kappa shape index (κ1) is 23.3. The summed E-state index contributed by atoms with van der Waals surface area (Å²) in [5.74, 6) is -0.0277. The zero-order chi connectivity index (χ0) is 24.7. The van der Waals surface area contributed by atoms with Crippen molar-refractivity contribution < 1.29 is 22.7 Å². The van der Waals surface area contributed by atoms with Crippen LogP contribution in [-0.4, -0.2) is 26.6 Å². The van der Waals surface area contributed by atoms with Crippen LogP contribution in [0.5, 0.6) is 0 Å². The van der Waals surface area contributed by atoms with E-state index in [1.54, 1.807) is 43.3 Å². The summed E-state index contributed by atoms with van der Waals surface area (Å²) in [5.41, 5.74) is 4.03. The van der Waals surface area contributed by atoms with Gasteiger partial charge in [0.1, 0.15) is 0 Å². The fourth-order valence-electron chi connectivity index (χ4n) is 4.91. The van der Waals surface area contributed by atoms with Crippen molar-refractivity contribution in [2.75, 3.05) is 16.6 Å². The second-order valence-electron chi connectivity index (χ2n) is 9.04. The normalized spacial score (nSPS) is 20.9. The average Bonchev–Trinajstić information content (AvgIpc) is 3.33. The third-order valence-corrected chi connectivity index (χ3v) is 8.07. The molecule has 8 heteroatoms. The summed E-state index contributed by atoms with van der Waals surface area (Å²) in [6.07, 6.45) is 0.563. The zero-order valence-corrected chi connectivity index (χ0v) is 20.3. The van der Waals surface area contributed by atoms with Gasteiger partial charge in [0.2, 0.25) is 0 Å². The van der Waals surface area contributed by atoms with Crippen LogP contribution in [0.3, 0.4) is 0 Å². The molecule has 1 saturated heterocycles. The predicted octanol–water partition coefficient (Wildman–Crippen LogP) is 5.14. The van der Waals surface area contributed by atoms with Gasteiger partial charge in [-0.1, -0.05) is 30.3 Å². The lowest BCUT2D eigenvalue weighted by atomic mass is 9.80. The minimum absolute atomic E-state index is 0.0125. The minimum atomic E-state index is -3.88. The van der Waals surface area contributed by atoms with Crippen LogP contribution in [0.4, 0.5) is 11.4 Å². The number of rotatable bonds is 6. The molecule has 180 valence electrons. The maximum Gasteiger partial charge on any atom is 0.261 e. The Hall–Kier alpha value is -3.49. The quantitative estimate of drug-likeness (QED) is 0.464. The van der Waals surface area contributed by atoms with E-state index in [4.69, 9.17) is 4.74 Å². The molecule has 3 aromatic rings. The summed E-state index contributed by atoms with van der Waals surface area (Å²) in [6, 6.07) is 19.0. The summed E-state index contributed by atoms with van der Waals surface area (Å²) in [7, 11) is -3.88. The topological polar surface area (TPSA) is 102 Å². The van der Waals surface area contributed by atoms with E-state index >= 15 is 0 Å². The van der Waals surface area contributed by atoms with Gasteiger partial charge in [0, 0.05) is 40.6 Å². The van der Waals surface area contributed by atoms with Crippen molar-refractivity contribution in [3.05, 3.63) is 89.0 Å². The molecule has 0 amide bonds. The van der Waals surface area contributed by atoms with Crippen LogP contribution in [0, 0.1) is 5.92 Å². The molecule has 0 aliphatic carbocycles. The van der Waals surface area contributed by atoms with Crippen molar-refractivity contribution in [3.8, 4) is 0 Å². The molecule has 0 saturated carbocycles. The van der Waals surface area contributed by atoms with Crippen molar-refractivity contribution in [2.24, 2.45) is 5.92 Å². The molecule has 2 heterocycles. The van der Waals surface area contributed by atoms with E-state index in [0.29, 0.717) is 23.4 Å². The SMILES string of the molecule is CC(=O)c1cccc(NS(=O)(=O)c2ccc3c(c2)[C@H]2OCC[C@H]2C(c2cccc(C(C)=O)c2)N3)c1. The number of benzene rings is 3. The number of ketones is 2. The standard InChI is InChI=1S/C27H26N2O5S/c1-16(30)18-5-3-7-20(13-18)26-23-11-12-34-27(23)24-15-22(9-10-25(24)28-26)35(32,33)29-21-8-4-6-19(14-21)17(2)31/h3-10,13-15,23,26-29H,11-12H2,1-2H3/t23-,26?,27-/m0/s1. The molecule has 1 unspecified atom stereocenters. The largest absolute Gasteiger partial charge is 0.378 e. The predicted molar refractivity (Wildman–Crippen MR) is 133 cm³/mol. The molecule has 5 rings (SSSR count). The lowest BCUT2D eigenvalue weighted by Crippen LogP contribution is -2.29. The highest BCUT2D eigenvalue weighted by atomic mass is 32.2. The third kappa shape index (κ3) is 4.47. The first-order valence-corrected chi connectivity index (χ1v) is 13.0. The summed E-state index contributed by atoms with van der Waals surface area (Å²) in [4.78, 5) is 23.7. The molecule has 7 nitrogen and oxygen atoms in total. The number of sulfonamides is 1. The molecule has 2 N–H and O–H groups in total. The van der Waals surface area contributed by atoms with Gasteiger partial charge in [-0.05, 0) is 62.2 Å². The maximum atomic E-state index is 13.2. The smallest absolute Gasteiger partial charge is 0.261 e. The maximum absolute atomic E-state index is 13.2. The van der Waals surface area contributed by atoms with Gasteiger partial charge in [0.15, 0.2) is 11.6 Å². The van der Waals surface area contributed by atoms with Crippen LogP contribution >= 0.6 is 0 Å². The summed E-state index contributed by atoms with van der Waals surface area (Å²) >= 11 is 0. The first-order valence-electron chi connectivity index (χ1n) is 11.5. The van der Waals surface area contributed by atoms with Crippen molar-refractivity contribution in [3.63, 3.8) is 0 Å². The fourth-order valence-corrected chi connectivity index (χ4v) is 6.00. The number of hydrogen-bond acceptors (Lipinski definition) is 6. The fraction of sp³-hybridized carbons (Fsp3) is 0.259. The van der Waals surface area contributed by atoms with Gasteiger partial charge in [0.25, 0.3) is 10.0 Å². The van der Waals surface area contributed by atoms with Gasteiger partial charge in [-0.2, -0.15) is 0 Å². The van der Waals surface area contributed by atoms with Crippen molar-refractivity contribution in [1.82, 2.24) is 0 Å². The van der Waals surface area contributed by atoms with Gasteiger partial charge < -0.3 is 10.1 Å².